The van der Waals surface area contributed by atoms with Gasteiger partial charge in [0.15, 0.2) is 0 Å². The van der Waals surface area contributed by atoms with Crippen molar-refractivity contribution in [2.75, 3.05) is 39.3 Å². The second kappa shape index (κ2) is 6.51. The van der Waals surface area contributed by atoms with Gasteiger partial charge in [-0.15, -0.1) is 0 Å². The van der Waals surface area contributed by atoms with E-state index in [1.807, 2.05) is 0 Å². The van der Waals surface area contributed by atoms with Gasteiger partial charge in [-0.05, 0) is 43.5 Å². The molecule has 0 unspecified atom stereocenters. The number of ether oxygens (including phenoxy) is 1. The summed E-state index contributed by atoms with van der Waals surface area (Å²) in [5, 5.41) is 3.56. The largest absolute Gasteiger partial charge is 0.372 e. The van der Waals surface area contributed by atoms with Crippen LogP contribution in [0.15, 0.2) is 24.3 Å². The Bertz CT molecular complexity index is 401. The Morgan fingerprint density at radius 3 is 2.95 bits per heavy atom. The summed E-state index contributed by atoms with van der Waals surface area (Å²) in [5.74, 6) is 0. The van der Waals surface area contributed by atoms with Crippen molar-refractivity contribution in [2.24, 2.45) is 0 Å². The lowest BCUT2D eigenvalue weighted by molar-refractivity contribution is 0.0423. The van der Waals surface area contributed by atoms with Gasteiger partial charge < -0.3 is 15.0 Å². The van der Waals surface area contributed by atoms with Crippen LogP contribution in [0.1, 0.15) is 30.1 Å². The average Bonchev–Trinajstić information content (AvgIpc) is 2.97. The molecule has 19 heavy (non-hydrogen) atoms. The van der Waals surface area contributed by atoms with E-state index >= 15 is 0 Å². The summed E-state index contributed by atoms with van der Waals surface area (Å²) in [5.41, 5.74) is 2.84. The molecule has 1 saturated heterocycles. The zero-order valence-corrected chi connectivity index (χ0v) is 11.6. The summed E-state index contributed by atoms with van der Waals surface area (Å²) in [6.07, 6.45) is 4.04. The van der Waals surface area contributed by atoms with E-state index in [0.717, 1.165) is 26.1 Å². The number of likely N-dealkylation sites (tertiary alicyclic amines) is 1. The Balaban J connectivity index is 1.45. The molecule has 3 rings (SSSR count). The van der Waals surface area contributed by atoms with Gasteiger partial charge in [0.1, 0.15) is 0 Å². The number of nitrogens with one attached hydrogen (secondary N) is 1. The van der Waals surface area contributed by atoms with Crippen LogP contribution in [-0.4, -0.2) is 44.2 Å². The summed E-state index contributed by atoms with van der Waals surface area (Å²) in [6, 6.07) is 8.68. The Hall–Kier alpha value is -0.900. The summed E-state index contributed by atoms with van der Waals surface area (Å²) in [6.45, 7) is 6.60. The van der Waals surface area contributed by atoms with Crippen LogP contribution in [0.3, 0.4) is 0 Å². The van der Waals surface area contributed by atoms with Gasteiger partial charge in [0.05, 0.1) is 12.7 Å². The molecule has 3 heteroatoms. The third-order valence-corrected chi connectivity index (χ3v) is 4.23. The highest BCUT2D eigenvalue weighted by atomic mass is 16.5. The quantitative estimate of drug-likeness (QED) is 0.819. The highest BCUT2D eigenvalue weighted by Crippen LogP contribution is 2.26. The Labute approximate surface area is 115 Å². The second-order valence-electron chi connectivity index (χ2n) is 5.56. The molecule has 1 atom stereocenters. The number of rotatable bonds is 5. The van der Waals surface area contributed by atoms with Gasteiger partial charge in [-0.3, -0.25) is 0 Å². The molecule has 1 aromatic carbocycles. The summed E-state index contributed by atoms with van der Waals surface area (Å²) in [7, 11) is 0. The fourth-order valence-electron chi connectivity index (χ4n) is 3.12. The fourth-order valence-corrected chi connectivity index (χ4v) is 3.12. The standard InChI is InChI=1S/C16H24N2O/c1-2-6-15-14(5-1)7-12-19-16(15)13-17-8-11-18-9-3-4-10-18/h1-2,5-6,16-17H,3-4,7-13H2/t16-/m0/s1. The minimum absolute atomic E-state index is 0.239. The molecule has 0 amide bonds. The van der Waals surface area contributed by atoms with Crippen molar-refractivity contribution in [1.29, 1.82) is 0 Å². The van der Waals surface area contributed by atoms with E-state index in [0.29, 0.717) is 0 Å². The van der Waals surface area contributed by atoms with Crippen LogP contribution in [0.25, 0.3) is 0 Å². The number of fused-ring (bicyclic) bond motifs is 1. The normalized spacial score (nSPS) is 23.5. The van der Waals surface area contributed by atoms with E-state index in [9.17, 15) is 0 Å². The van der Waals surface area contributed by atoms with Crippen molar-refractivity contribution in [3.63, 3.8) is 0 Å². The predicted molar refractivity (Wildman–Crippen MR) is 77.4 cm³/mol. The molecule has 0 saturated carbocycles. The van der Waals surface area contributed by atoms with Crippen molar-refractivity contribution < 1.29 is 4.74 Å². The van der Waals surface area contributed by atoms with Crippen LogP contribution in [-0.2, 0) is 11.2 Å². The number of nitrogens with zero attached hydrogens (tertiary/aromatic N) is 1. The average molecular weight is 260 g/mol. The third kappa shape index (κ3) is 3.35. The summed E-state index contributed by atoms with van der Waals surface area (Å²) >= 11 is 0. The number of hydrogen-bond acceptors (Lipinski definition) is 3. The van der Waals surface area contributed by atoms with Gasteiger partial charge in [-0.25, -0.2) is 0 Å². The number of benzene rings is 1. The molecule has 0 spiro atoms. The van der Waals surface area contributed by atoms with Gasteiger partial charge in [0.25, 0.3) is 0 Å². The molecule has 2 aliphatic rings. The highest BCUT2D eigenvalue weighted by molar-refractivity contribution is 5.31. The third-order valence-electron chi connectivity index (χ3n) is 4.23. The van der Waals surface area contributed by atoms with Gasteiger partial charge in [0, 0.05) is 19.6 Å². The van der Waals surface area contributed by atoms with Crippen LogP contribution in [0.2, 0.25) is 0 Å². The maximum absolute atomic E-state index is 5.90. The topological polar surface area (TPSA) is 24.5 Å². The Morgan fingerprint density at radius 1 is 1.21 bits per heavy atom. The van der Waals surface area contributed by atoms with E-state index < -0.39 is 0 Å². The lowest BCUT2D eigenvalue weighted by atomic mass is 9.97. The molecule has 1 aromatic rings. The summed E-state index contributed by atoms with van der Waals surface area (Å²) < 4.78 is 5.90. The highest BCUT2D eigenvalue weighted by Gasteiger charge is 2.19. The SMILES string of the molecule is c1ccc2c(c1)CCO[C@H]2CNCCN1CCCC1. The van der Waals surface area contributed by atoms with Crippen LogP contribution in [0.4, 0.5) is 0 Å². The van der Waals surface area contributed by atoms with Gasteiger partial charge in [-0.2, -0.15) is 0 Å². The van der Waals surface area contributed by atoms with Gasteiger partial charge in [-0.1, -0.05) is 24.3 Å². The van der Waals surface area contributed by atoms with E-state index in [2.05, 4.69) is 34.5 Å². The maximum Gasteiger partial charge on any atom is 0.0952 e. The smallest absolute Gasteiger partial charge is 0.0952 e. The first kappa shape index (κ1) is 13.1. The molecule has 0 aromatic heterocycles. The molecule has 1 N–H and O–H groups in total. The molecule has 0 radical (unpaired) electrons. The zero-order valence-electron chi connectivity index (χ0n) is 11.6. The van der Waals surface area contributed by atoms with Crippen LogP contribution >= 0.6 is 0 Å². The lowest BCUT2D eigenvalue weighted by Crippen LogP contribution is -2.33. The van der Waals surface area contributed by atoms with E-state index in [1.54, 1.807) is 0 Å². The fraction of sp³-hybridized carbons (Fsp3) is 0.625. The molecule has 0 aliphatic carbocycles. The molecule has 0 bridgehead atoms. The molecule has 3 nitrogen and oxygen atoms in total. The van der Waals surface area contributed by atoms with Crippen LogP contribution in [0, 0.1) is 0 Å². The zero-order chi connectivity index (χ0) is 12.9. The van der Waals surface area contributed by atoms with Crippen molar-refractivity contribution in [3.05, 3.63) is 35.4 Å². The molecule has 104 valence electrons. The molecule has 1 fully saturated rings. The maximum atomic E-state index is 5.90. The Morgan fingerprint density at radius 2 is 2.05 bits per heavy atom. The van der Waals surface area contributed by atoms with E-state index in [4.69, 9.17) is 4.74 Å². The first-order chi connectivity index (χ1) is 9.43. The van der Waals surface area contributed by atoms with Crippen LogP contribution < -0.4 is 5.32 Å². The molecular formula is C16H24N2O. The minimum Gasteiger partial charge on any atom is -0.372 e. The van der Waals surface area contributed by atoms with Crippen molar-refractivity contribution in [3.8, 4) is 0 Å². The number of hydrogen-bond donors (Lipinski definition) is 1. The van der Waals surface area contributed by atoms with Crippen molar-refractivity contribution in [1.82, 2.24) is 10.2 Å². The second-order valence-corrected chi connectivity index (χ2v) is 5.56. The van der Waals surface area contributed by atoms with Crippen LogP contribution in [0.5, 0.6) is 0 Å². The van der Waals surface area contributed by atoms with Gasteiger partial charge in [0.2, 0.25) is 0 Å². The Kier molecular flexibility index (Phi) is 4.49. The van der Waals surface area contributed by atoms with Gasteiger partial charge >= 0.3 is 0 Å². The van der Waals surface area contributed by atoms with Crippen molar-refractivity contribution in [2.45, 2.75) is 25.4 Å². The molecule has 2 heterocycles. The first-order valence-electron chi connectivity index (χ1n) is 7.56. The monoisotopic (exact) mass is 260 g/mol. The molecular weight excluding hydrogens is 236 g/mol. The summed E-state index contributed by atoms with van der Waals surface area (Å²) in [4.78, 5) is 2.54. The predicted octanol–water partition coefficient (Wildman–Crippen LogP) is 1.99. The van der Waals surface area contributed by atoms with E-state index in [-0.39, 0.29) is 6.10 Å². The van der Waals surface area contributed by atoms with E-state index in [1.165, 1.54) is 43.6 Å². The first-order valence-corrected chi connectivity index (χ1v) is 7.56. The lowest BCUT2D eigenvalue weighted by Gasteiger charge is -2.26. The molecule has 2 aliphatic heterocycles. The minimum atomic E-state index is 0.239. The van der Waals surface area contributed by atoms with Crippen molar-refractivity contribution >= 4 is 0 Å².